The number of thioether (sulfide) groups is 1. The topological polar surface area (TPSA) is 17.0 Å². The maximum Gasteiger partial charge on any atom is 0.0227 e. The van der Waals surface area contributed by atoms with Crippen molar-refractivity contribution in [1.82, 2.24) is 9.88 Å². The molecule has 1 heterocycles. The van der Waals surface area contributed by atoms with E-state index in [-0.39, 0.29) is 0 Å². The average Bonchev–Trinajstić information content (AvgIpc) is 2.69. The molecule has 0 atom stereocenters. The van der Waals surface area contributed by atoms with Crippen LogP contribution in [0.1, 0.15) is 25.8 Å². The van der Waals surface area contributed by atoms with Gasteiger partial charge in [-0.1, -0.05) is 13.8 Å². The summed E-state index contributed by atoms with van der Waals surface area (Å²) >= 11 is 2.02. The fraction of sp³-hybridized carbons (Fsp3) is 0.667. The van der Waals surface area contributed by atoms with Crippen LogP contribution in [0.3, 0.4) is 0 Å². The Balaban J connectivity index is 2.20. The lowest BCUT2D eigenvalue weighted by molar-refractivity contribution is 0.679. The Labute approximate surface area is 97.4 Å². The van der Waals surface area contributed by atoms with Crippen molar-refractivity contribution in [3.63, 3.8) is 0 Å². The lowest BCUT2D eigenvalue weighted by Gasteiger charge is -2.02. The molecule has 0 saturated carbocycles. The van der Waals surface area contributed by atoms with E-state index in [0.717, 1.165) is 19.6 Å². The van der Waals surface area contributed by atoms with E-state index < -0.39 is 0 Å². The van der Waals surface area contributed by atoms with Gasteiger partial charge in [0, 0.05) is 25.5 Å². The summed E-state index contributed by atoms with van der Waals surface area (Å²) in [6.45, 7) is 7.54. The third-order valence-electron chi connectivity index (χ3n) is 2.30. The second-order valence-electron chi connectivity index (χ2n) is 3.59. The molecule has 86 valence electrons. The molecule has 0 bridgehead atoms. The Morgan fingerprint density at radius 2 is 2.27 bits per heavy atom. The van der Waals surface area contributed by atoms with Crippen molar-refractivity contribution >= 4 is 11.8 Å². The van der Waals surface area contributed by atoms with Gasteiger partial charge in [0.2, 0.25) is 0 Å². The van der Waals surface area contributed by atoms with Crippen LogP contribution in [-0.2, 0) is 13.1 Å². The molecule has 2 nitrogen and oxygen atoms in total. The summed E-state index contributed by atoms with van der Waals surface area (Å²) in [5.74, 6) is 2.51. The molecule has 0 aromatic carbocycles. The van der Waals surface area contributed by atoms with Crippen LogP contribution in [0.5, 0.6) is 0 Å². The standard InChI is InChI=1S/C12H22N2S/c1-3-13-10-12-6-8-14(11-12)7-5-9-15-4-2/h6,8,11,13H,3-5,7,9-10H2,1-2H3. The van der Waals surface area contributed by atoms with Crippen LogP contribution in [0, 0.1) is 0 Å². The SMILES string of the molecule is CCNCc1ccn(CCCSCC)c1. The van der Waals surface area contributed by atoms with Crippen LogP contribution in [0.15, 0.2) is 18.5 Å². The lowest BCUT2D eigenvalue weighted by atomic mass is 10.3. The first-order valence-electron chi connectivity index (χ1n) is 5.80. The van der Waals surface area contributed by atoms with Gasteiger partial charge in [0.25, 0.3) is 0 Å². The zero-order valence-electron chi connectivity index (χ0n) is 9.83. The molecule has 1 N–H and O–H groups in total. The van der Waals surface area contributed by atoms with Crippen LogP contribution in [-0.4, -0.2) is 22.6 Å². The molecule has 1 aromatic rings. The summed E-state index contributed by atoms with van der Waals surface area (Å²) in [6, 6.07) is 2.20. The summed E-state index contributed by atoms with van der Waals surface area (Å²) in [6.07, 6.45) is 5.70. The summed E-state index contributed by atoms with van der Waals surface area (Å²) in [4.78, 5) is 0. The number of aryl methyl sites for hydroxylation is 1. The van der Waals surface area contributed by atoms with E-state index in [1.54, 1.807) is 0 Å². The van der Waals surface area contributed by atoms with Crippen LogP contribution in [0.2, 0.25) is 0 Å². The minimum absolute atomic E-state index is 0.993. The van der Waals surface area contributed by atoms with E-state index in [4.69, 9.17) is 0 Å². The van der Waals surface area contributed by atoms with E-state index in [2.05, 4.69) is 42.2 Å². The van der Waals surface area contributed by atoms with Crippen LogP contribution in [0.25, 0.3) is 0 Å². The summed E-state index contributed by atoms with van der Waals surface area (Å²) in [7, 11) is 0. The van der Waals surface area contributed by atoms with Gasteiger partial charge >= 0.3 is 0 Å². The third kappa shape index (κ3) is 5.28. The fourth-order valence-corrected chi connectivity index (χ4v) is 2.12. The highest BCUT2D eigenvalue weighted by Crippen LogP contribution is 2.05. The van der Waals surface area contributed by atoms with Gasteiger partial charge in [-0.15, -0.1) is 0 Å². The summed E-state index contributed by atoms with van der Waals surface area (Å²) in [5, 5.41) is 3.34. The minimum Gasteiger partial charge on any atom is -0.354 e. The number of nitrogens with one attached hydrogen (secondary N) is 1. The van der Waals surface area contributed by atoms with E-state index in [1.807, 2.05) is 11.8 Å². The van der Waals surface area contributed by atoms with E-state index >= 15 is 0 Å². The Morgan fingerprint density at radius 1 is 1.40 bits per heavy atom. The van der Waals surface area contributed by atoms with Crippen molar-refractivity contribution in [2.24, 2.45) is 0 Å². The van der Waals surface area contributed by atoms with Crippen molar-refractivity contribution in [3.05, 3.63) is 24.0 Å². The van der Waals surface area contributed by atoms with Gasteiger partial charge < -0.3 is 9.88 Å². The lowest BCUT2D eigenvalue weighted by Crippen LogP contribution is -2.11. The third-order valence-corrected chi connectivity index (χ3v) is 3.29. The Morgan fingerprint density at radius 3 is 3.00 bits per heavy atom. The molecule has 1 aromatic heterocycles. The molecule has 0 aliphatic rings. The number of hydrogen-bond acceptors (Lipinski definition) is 2. The van der Waals surface area contributed by atoms with Crippen molar-refractivity contribution in [2.45, 2.75) is 33.4 Å². The smallest absolute Gasteiger partial charge is 0.0227 e. The van der Waals surface area contributed by atoms with Gasteiger partial charge in [-0.3, -0.25) is 0 Å². The summed E-state index contributed by atoms with van der Waals surface area (Å²) < 4.78 is 2.29. The average molecular weight is 226 g/mol. The molecular formula is C12H22N2S. The van der Waals surface area contributed by atoms with Gasteiger partial charge in [-0.2, -0.15) is 11.8 Å². The molecular weight excluding hydrogens is 204 g/mol. The van der Waals surface area contributed by atoms with Crippen molar-refractivity contribution in [1.29, 1.82) is 0 Å². The van der Waals surface area contributed by atoms with E-state index in [0.29, 0.717) is 0 Å². The largest absolute Gasteiger partial charge is 0.354 e. The molecule has 0 spiro atoms. The highest BCUT2D eigenvalue weighted by Gasteiger charge is 1.96. The van der Waals surface area contributed by atoms with Crippen LogP contribution in [0.4, 0.5) is 0 Å². The second kappa shape index (κ2) is 7.83. The molecule has 0 aliphatic heterocycles. The Hall–Kier alpha value is -0.410. The van der Waals surface area contributed by atoms with E-state index in [1.165, 1.54) is 23.5 Å². The number of aromatic nitrogens is 1. The molecule has 0 amide bonds. The highest BCUT2D eigenvalue weighted by atomic mass is 32.2. The molecule has 0 saturated heterocycles. The quantitative estimate of drug-likeness (QED) is 0.686. The first-order valence-corrected chi connectivity index (χ1v) is 6.95. The van der Waals surface area contributed by atoms with Crippen LogP contribution >= 0.6 is 11.8 Å². The van der Waals surface area contributed by atoms with Gasteiger partial charge in [-0.25, -0.2) is 0 Å². The molecule has 0 radical (unpaired) electrons. The van der Waals surface area contributed by atoms with E-state index in [9.17, 15) is 0 Å². The number of hydrogen-bond donors (Lipinski definition) is 1. The van der Waals surface area contributed by atoms with Crippen molar-refractivity contribution < 1.29 is 0 Å². The Bertz CT molecular complexity index is 258. The molecule has 15 heavy (non-hydrogen) atoms. The fourth-order valence-electron chi connectivity index (χ4n) is 1.50. The van der Waals surface area contributed by atoms with Gasteiger partial charge in [0.05, 0.1) is 0 Å². The predicted octanol–water partition coefficient (Wildman–Crippen LogP) is 2.74. The molecule has 0 aliphatic carbocycles. The zero-order valence-corrected chi connectivity index (χ0v) is 10.6. The maximum absolute atomic E-state index is 3.34. The zero-order chi connectivity index (χ0) is 10.9. The second-order valence-corrected chi connectivity index (χ2v) is 4.98. The molecule has 0 fully saturated rings. The molecule has 3 heteroatoms. The number of nitrogens with zero attached hydrogens (tertiary/aromatic N) is 1. The summed E-state index contributed by atoms with van der Waals surface area (Å²) in [5.41, 5.74) is 1.39. The van der Waals surface area contributed by atoms with Gasteiger partial charge in [-0.05, 0) is 36.1 Å². The molecule has 1 rings (SSSR count). The normalized spacial score (nSPS) is 10.8. The first-order chi connectivity index (χ1) is 7.36. The highest BCUT2D eigenvalue weighted by molar-refractivity contribution is 7.99. The Kier molecular flexibility index (Phi) is 6.60. The van der Waals surface area contributed by atoms with Gasteiger partial charge in [0.1, 0.15) is 0 Å². The minimum atomic E-state index is 0.993. The predicted molar refractivity (Wildman–Crippen MR) is 69.4 cm³/mol. The van der Waals surface area contributed by atoms with Crippen molar-refractivity contribution in [2.75, 3.05) is 18.1 Å². The van der Waals surface area contributed by atoms with Gasteiger partial charge in [0.15, 0.2) is 0 Å². The first kappa shape index (κ1) is 12.7. The monoisotopic (exact) mass is 226 g/mol. The molecule has 0 unspecified atom stereocenters. The maximum atomic E-state index is 3.34. The number of rotatable bonds is 8. The van der Waals surface area contributed by atoms with Crippen molar-refractivity contribution in [3.8, 4) is 0 Å². The van der Waals surface area contributed by atoms with Crippen LogP contribution < -0.4 is 5.32 Å².